The summed E-state index contributed by atoms with van der Waals surface area (Å²) in [6.45, 7) is 2.38. The molecule has 0 fully saturated rings. The Morgan fingerprint density at radius 3 is 2.59 bits per heavy atom. The van der Waals surface area contributed by atoms with Crippen LogP contribution in [0.25, 0.3) is 0 Å². The molecule has 0 bridgehead atoms. The molecule has 1 N–H and O–H groups in total. The average molecular weight is 321 g/mol. The smallest absolute Gasteiger partial charge is 0.241 e. The van der Waals surface area contributed by atoms with Gasteiger partial charge in [0.2, 0.25) is 5.91 Å². The minimum atomic E-state index is -0.330. The second-order valence-electron chi connectivity index (χ2n) is 5.22. The summed E-state index contributed by atoms with van der Waals surface area (Å²) >= 11 is 5.90. The Kier molecular flexibility index (Phi) is 5.52. The fraction of sp³-hybridized carbons (Fsp3) is 0.235. The van der Waals surface area contributed by atoms with Crippen molar-refractivity contribution in [3.8, 4) is 0 Å². The highest BCUT2D eigenvalue weighted by molar-refractivity contribution is 6.30. The van der Waals surface area contributed by atoms with Crippen LogP contribution in [0, 0.1) is 5.82 Å². The molecule has 0 unspecified atom stereocenters. The molecule has 0 spiro atoms. The number of likely N-dealkylation sites (N-methyl/N-ethyl adjacent to an activating group) is 1. The molecule has 2 aromatic rings. The highest BCUT2D eigenvalue weighted by Gasteiger charge is 2.18. The van der Waals surface area contributed by atoms with Crippen molar-refractivity contribution in [1.82, 2.24) is 4.90 Å². The van der Waals surface area contributed by atoms with Gasteiger partial charge in [0.1, 0.15) is 5.82 Å². The van der Waals surface area contributed by atoms with Gasteiger partial charge in [-0.1, -0.05) is 29.8 Å². The second kappa shape index (κ2) is 7.38. The summed E-state index contributed by atoms with van der Waals surface area (Å²) in [6.07, 6.45) is 0. The molecule has 22 heavy (non-hydrogen) atoms. The van der Waals surface area contributed by atoms with E-state index >= 15 is 0 Å². The maximum absolute atomic E-state index is 12.9. The number of amides is 1. The molecule has 0 aliphatic rings. The molecule has 1 amide bonds. The molecule has 0 aliphatic heterocycles. The zero-order valence-electron chi connectivity index (χ0n) is 12.5. The van der Waals surface area contributed by atoms with E-state index in [0.717, 1.165) is 5.56 Å². The third-order valence-corrected chi connectivity index (χ3v) is 3.71. The van der Waals surface area contributed by atoms with Gasteiger partial charge >= 0.3 is 0 Å². The topological polar surface area (TPSA) is 32.3 Å². The van der Waals surface area contributed by atoms with Gasteiger partial charge in [0, 0.05) is 17.3 Å². The van der Waals surface area contributed by atoms with E-state index in [4.69, 9.17) is 11.6 Å². The zero-order valence-corrected chi connectivity index (χ0v) is 13.3. The lowest BCUT2D eigenvalue weighted by molar-refractivity contribution is -0.120. The number of halogens is 2. The Morgan fingerprint density at radius 1 is 1.27 bits per heavy atom. The van der Waals surface area contributed by atoms with Gasteiger partial charge in [0.25, 0.3) is 0 Å². The van der Waals surface area contributed by atoms with E-state index in [1.165, 1.54) is 12.1 Å². The van der Waals surface area contributed by atoms with Crippen LogP contribution in [0.3, 0.4) is 0 Å². The number of nitrogens with one attached hydrogen (secondary N) is 1. The third-order valence-electron chi connectivity index (χ3n) is 3.48. The Hall–Kier alpha value is -1.91. The van der Waals surface area contributed by atoms with E-state index in [-0.39, 0.29) is 17.8 Å². The van der Waals surface area contributed by atoms with Crippen LogP contribution in [0.5, 0.6) is 0 Å². The van der Waals surface area contributed by atoms with Crippen LogP contribution in [0.4, 0.5) is 10.1 Å². The summed E-state index contributed by atoms with van der Waals surface area (Å²) in [5.41, 5.74) is 1.62. The van der Waals surface area contributed by atoms with E-state index in [0.29, 0.717) is 17.3 Å². The van der Waals surface area contributed by atoms with Crippen molar-refractivity contribution in [2.24, 2.45) is 0 Å². The number of anilines is 1. The van der Waals surface area contributed by atoms with Crippen LogP contribution >= 0.6 is 11.6 Å². The minimum Gasteiger partial charge on any atom is -0.325 e. The fourth-order valence-electron chi connectivity index (χ4n) is 2.03. The van der Waals surface area contributed by atoms with E-state index in [2.05, 4.69) is 5.32 Å². The summed E-state index contributed by atoms with van der Waals surface area (Å²) in [5.74, 6) is -0.384. The number of hydrogen-bond acceptors (Lipinski definition) is 2. The lowest BCUT2D eigenvalue weighted by Crippen LogP contribution is -2.39. The van der Waals surface area contributed by atoms with Gasteiger partial charge in [-0.15, -0.1) is 0 Å². The number of benzene rings is 2. The first kappa shape index (κ1) is 16.5. The molecule has 116 valence electrons. The predicted molar refractivity (Wildman–Crippen MR) is 87.4 cm³/mol. The van der Waals surface area contributed by atoms with Gasteiger partial charge in [-0.05, 0) is 49.9 Å². The van der Waals surface area contributed by atoms with Crippen LogP contribution in [-0.2, 0) is 11.3 Å². The maximum Gasteiger partial charge on any atom is 0.241 e. The molecule has 2 rings (SSSR count). The molecule has 1 atom stereocenters. The summed E-state index contributed by atoms with van der Waals surface area (Å²) in [5, 5.41) is 3.41. The average Bonchev–Trinajstić information content (AvgIpc) is 2.48. The lowest BCUT2D eigenvalue weighted by atomic mass is 10.2. The van der Waals surface area contributed by atoms with Crippen molar-refractivity contribution in [2.45, 2.75) is 19.5 Å². The standard InChI is InChI=1S/C17H18ClFN2O/c1-12(17(22)20-16-5-3-4-14(18)10-16)21(2)11-13-6-8-15(19)9-7-13/h3-10,12H,11H2,1-2H3,(H,20,22)/t12-/m1/s1. The highest BCUT2D eigenvalue weighted by atomic mass is 35.5. The zero-order chi connectivity index (χ0) is 16.1. The number of hydrogen-bond donors (Lipinski definition) is 1. The quantitative estimate of drug-likeness (QED) is 0.905. The number of carbonyl (C=O) groups excluding carboxylic acids is 1. The number of nitrogens with zero attached hydrogens (tertiary/aromatic N) is 1. The summed E-state index contributed by atoms with van der Waals surface area (Å²) in [4.78, 5) is 14.1. The van der Waals surface area contributed by atoms with E-state index in [1.807, 2.05) is 18.9 Å². The fourth-order valence-corrected chi connectivity index (χ4v) is 2.22. The van der Waals surface area contributed by atoms with Gasteiger partial charge in [0.15, 0.2) is 0 Å². The van der Waals surface area contributed by atoms with Crippen molar-refractivity contribution in [2.75, 3.05) is 12.4 Å². The van der Waals surface area contributed by atoms with Crippen molar-refractivity contribution in [3.63, 3.8) is 0 Å². The van der Waals surface area contributed by atoms with Gasteiger partial charge in [0.05, 0.1) is 6.04 Å². The van der Waals surface area contributed by atoms with Crippen molar-refractivity contribution in [1.29, 1.82) is 0 Å². The summed E-state index contributed by atoms with van der Waals surface area (Å²) in [7, 11) is 1.85. The normalized spacial score (nSPS) is 12.2. The monoisotopic (exact) mass is 320 g/mol. The third kappa shape index (κ3) is 4.55. The molecule has 0 aromatic heterocycles. The first-order valence-corrected chi connectivity index (χ1v) is 7.34. The number of rotatable bonds is 5. The van der Waals surface area contributed by atoms with Crippen molar-refractivity contribution < 1.29 is 9.18 Å². The van der Waals surface area contributed by atoms with Crippen LogP contribution in [-0.4, -0.2) is 23.9 Å². The molecule has 0 saturated carbocycles. The van der Waals surface area contributed by atoms with Gasteiger partial charge in [-0.25, -0.2) is 4.39 Å². The van der Waals surface area contributed by atoms with Crippen LogP contribution in [0.2, 0.25) is 5.02 Å². The Bertz CT molecular complexity index is 645. The first-order chi connectivity index (χ1) is 10.5. The molecule has 5 heteroatoms. The largest absolute Gasteiger partial charge is 0.325 e. The molecule has 0 aliphatic carbocycles. The lowest BCUT2D eigenvalue weighted by Gasteiger charge is -2.24. The molecule has 0 saturated heterocycles. The first-order valence-electron chi connectivity index (χ1n) is 6.97. The summed E-state index contributed by atoms with van der Waals surface area (Å²) in [6, 6.07) is 13.0. The molecular weight excluding hydrogens is 303 g/mol. The van der Waals surface area contributed by atoms with Crippen LogP contribution < -0.4 is 5.32 Å². The van der Waals surface area contributed by atoms with Gasteiger partial charge in [-0.3, -0.25) is 9.69 Å². The van der Waals surface area contributed by atoms with Crippen LogP contribution in [0.15, 0.2) is 48.5 Å². The molecule has 3 nitrogen and oxygen atoms in total. The van der Waals surface area contributed by atoms with Crippen LogP contribution in [0.1, 0.15) is 12.5 Å². The van der Waals surface area contributed by atoms with Crippen molar-refractivity contribution >= 4 is 23.2 Å². The SMILES string of the molecule is C[C@H](C(=O)Nc1cccc(Cl)c1)N(C)Cc1ccc(F)cc1. The van der Waals surface area contributed by atoms with E-state index in [1.54, 1.807) is 36.4 Å². The van der Waals surface area contributed by atoms with E-state index < -0.39 is 0 Å². The van der Waals surface area contributed by atoms with E-state index in [9.17, 15) is 9.18 Å². The van der Waals surface area contributed by atoms with Gasteiger partial charge < -0.3 is 5.32 Å². The Morgan fingerprint density at radius 2 is 1.95 bits per heavy atom. The highest BCUT2D eigenvalue weighted by Crippen LogP contribution is 2.16. The minimum absolute atomic E-state index is 0.119. The van der Waals surface area contributed by atoms with Gasteiger partial charge in [-0.2, -0.15) is 0 Å². The Balaban J connectivity index is 1.95. The maximum atomic E-state index is 12.9. The molecular formula is C17H18ClFN2O. The molecule has 0 radical (unpaired) electrons. The number of carbonyl (C=O) groups is 1. The molecule has 2 aromatic carbocycles. The predicted octanol–water partition coefficient (Wildman–Crippen LogP) is 3.94. The van der Waals surface area contributed by atoms with Crippen molar-refractivity contribution in [3.05, 3.63) is 64.9 Å². The summed E-state index contributed by atoms with van der Waals surface area (Å²) < 4.78 is 12.9. The second-order valence-corrected chi connectivity index (χ2v) is 5.65. The Labute approximate surface area is 134 Å². The molecule has 0 heterocycles.